The van der Waals surface area contributed by atoms with Gasteiger partial charge in [-0.1, -0.05) is 30.0 Å². The smallest absolute Gasteiger partial charge is 0.273 e. The van der Waals surface area contributed by atoms with E-state index in [1.165, 1.54) is 11.8 Å². The van der Waals surface area contributed by atoms with Gasteiger partial charge in [-0.25, -0.2) is 0 Å². The number of benzene rings is 1. The highest BCUT2D eigenvalue weighted by Gasteiger charge is 2.10. The van der Waals surface area contributed by atoms with Crippen molar-refractivity contribution >= 4 is 11.8 Å². The molecule has 1 aromatic carbocycles. The molecule has 0 radical (unpaired) electrons. The Morgan fingerprint density at radius 3 is 2.76 bits per heavy atom. The predicted molar refractivity (Wildman–Crippen MR) is 76.1 cm³/mol. The topological polar surface area (TPSA) is 102 Å². The maximum absolute atomic E-state index is 11.5. The van der Waals surface area contributed by atoms with Gasteiger partial charge in [-0.3, -0.25) is 9.78 Å². The third kappa shape index (κ3) is 2.97. The second kappa shape index (κ2) is 5.83. The zero-order valence-electron chi connectivity index (χ0n) is 11.1. The third-order valence-corrected chi connectivity index (χ3v) is 3.57. The van der Waals surface area contributed by atoms with Crippen molar-refractivity contribution in [2.45, 2.75) is 17.8 Å². The van der Waals surface area contributed by atoms with Crippen molar-refractivity contribution < 1.29 is 0 Å². The Kier molecular flexibility index (Phi) is 3.73. The molecular weight excluding hydrogens is 290 g/mol. The highest BCUT2D eigenvalue weighted by Crippen LogP contribution is 2.17. The van der Waals surface area contributed by atoms with Gasteiger partial charge < -0.3 is 0 Å². The summed E-state index contributed by atoms with van der Waals surface area (Å²) in [5.74, 6) is 1.13. The van der Waals surface area contributed by atoms with E-state index in [0.29, 0.717) is 22.4 Å². The molecule has 0 fully saturated rings. The van der Waals surface area contributed by atoms with E-state index in [2.05, 4.69) is 30.7 Å². The van der Waals surface area contributed by atoms with Crippen molar-refractivity contribution in [3.8, 4) is 5.69 Å². The van der Waals surface area contributed by atoms with E-state index in [1.54, 1.807) is 11.6 Å². The SMILES string of the molecule is Cc1nnc(SCc2nnnn2-c2ccccc2)[nH]c1=O. The van der Waals surface area contributed by atoms with Crippen LogP contribution in [0.15, 0.2) is 40.3 Å². The fraction of sp³-hybridized carbons (Fsp3) is 0.167. The van der Waals surface area contributed by atoms with Crippen molar-refractivity contribution in [2.24, 2.45) is 0 Å². The quantitative estimate of drug-likeness (QED) is 0.709. The molecule has 0 aliphatic rings. The molecule has 0 amide bonds. The van der Waals surface area contributed by atoms with Gasteiger partial charge >= 0.3 is 0 Å². The minimum Gasteiger partial charge on any atom is -0.298 e. The second-order valence-electron chi connectivity index (χ2n) is 4.18. The first-order valence-electron chi connectivity index (χ1n) is 6.13. The van der Waals surface area contributed by atoms with Crippen LogP contribution in [0.4, 0.5) is 0 Å². The first kappa shape index (κ1) is 13.4. The number of rotatable bonds is 4. The molecule has 3 aromatic rings. The van der Waals surface area contributed by atoms with Gasteiger partial charge in [0.25, 0.3) is 5.56 Å². The van der Waals surface area contributed by atoms with Crippen LogP contribution >= 0.6 is 11.8 Å². The third-order valence-electron chi connectivity index (χ3n) is 2.71. The number of aromatic amines is 1. The minimum atomic E-state index is -0.241. The van der Waals surface area contributed by atoms with Crippen molar-refractivity contribution in [3.05, 3.63) is 52.2 Å². The van der Waals surface area contributed by atoms with E-state index in [9.17, 15) is 4.79 Å². The standard InChI is InChI=1S/C12H11N7OS/c1-8-11(20)13-12(16-14-8)21-7-10-15-17-18-19(10)9-5-3-2-4-6-9/h2-6H,7H2,1H3,(H,13,16,20). The van der Waals surface area contributed by atoms with Crippen LogP contribution in [0.1, 0.15) is 11.5 Å². The number of hydrogen-bond acceptors (Lipinski definition) is 7. The molecule has 0 saturated carbocycles. The lowest BCUT2D eigenvalue weighted by Gasteiger charge is -2.03. The van der Waals surface area contributed by atoms with Crippen molar-refractivity contribution in [1.29, 1.82) is 0 Å². The van der Waals surface area contributed by atoms with Crippen molar-refractivity contribution in [1.82, 2.24) is 35.4 Å². The molecule has 0 bridgehead atoms. The summed E-state index contributed by atoms with van der Waals surface area (Å²) in [4.78, 5) is 14.1. The molecule has 0 aliphatic carbocycles. The average molecular weight is 301 g/mol. The first-order valence-corrected chi connectivity index (χ1v) is 7.11. The van der Waals surface area contributed by atoms with E-state index < -0.39 is 0 Å². The highest BCUT2D eigenvalue weighted by molar-refractivity contribution is 7.98. The van der Waals surface area contributed by atoms with Crippen LogP contribution in [0.25, 0.3) is 5.69 Å². The summed E-state index contributed by atoms with van der Waals surface area (Å²) in [6, 6.07) is 9.58. The summed E-state index contributed by atoms with van der Waals surface area (Å²) in [5.41, 5.74) is 0.977. The highest BCUT2D eigenvalue weighted by atomic mass is 32.2. The Labute approximate surface area is 123 Å². The number of tetrazole rings is 1. The zero-order chi connectivity index (χ0) is 14.7. The van der Waals surface area contributed by atoms with Gasteiger partial charge in [0.15, 0.2) is 11.0 Å². The van der Waals surface area contributed by atoms with E-state index in [-0.39, 0.29) is 5.56 Å². The largest absolute Gasteiger partial charge is 0.298 e. The van der Waals surface area contributed by atoms with Gasteiger partial charge in [-0.15, -0.1) is 15.3 Å². The molecule has 0 unspecified atom stereocenters. The molecule has 3 rings (SSSR count). The van der Waals surface area contributed by atoms with E-state index in [4.69, 9.17) is 0 Å². The van der Waals surface area contributed by atoms with Crippen molar-refractivity contribution in [2.75, 3.05) is 0 Å². The predicted octanol–water partition coefficient (Wildman–Crippen LogP) is 0.741. The summed E-state index contributed by atoms with van der Waals surface area (Å²) in [6.07, 6.45) is 0. The normalized spacial score (nSPS) is 10.7. The van der Waals surface area contributed by atoms with Gasteiger partial charge in [0.1, 0.15) is 5.69 Å². The number of nitrogens with one attached hydrogen (secondary N) is 1. The lowest BCUT2D eigenvalue weighted by molar-refractivity contribution is 0.774. The summed E-state index contributed by atoms with van der Waals surface area (Å²) < 4.78 is 1.65. The van der Waals surface area contributed by atoms with E-state index in [0.717, 1.165) is 5.69 Å². The molecule has 0 spiro atoms. The Morgan fingerprint density at radius 2 is 2.00 bits per heavy atom. The molecule has 21 heavy (non-hydrogen) atoms. The fourth-order valence-electron chi connectivity index (χ4n) is 1.64. The monoisotopic (exact) mass is 301 g/mol. The molecule has 9 heteroatoms. The van der Waals surface area contributed by atoms with Crippen molar-refractivity contribution in [3.63, 3.8) is 0 Å². The number of para-hydroxylation sites is 1. The summed E-state index contributed by atoms with van der Waals surface area (Å²) in [5, 5.41) is 19.8. The number of aromatic nitrogens is 7. The fourth-order valence-corrected chi connectivity index (χ4v) is 2.35. The molecular formula is C12H11N7OS. The number of nitrogens with zero attached hydrogens (tertiary/aromatic N) is 6. The molecule has 8 nitrogen and oxygen atoms in total. The Balaban J connectivity index is 1.79. The van der Waals surface area contributed by atoms with Crippen LogP contribution in [0.2, 0.25) is 0 Å². The maximum atomic E-state index is 11.5. The van der Waals surface area contributed by atoms with Crippen LogP contribution < -0.4 is 5.56 Å². The van der Waals surface area contributed by atoms with Gasteiger partial charge in [0, 0.05) is 0 Å². The molecule has 0 saturated heterocycles. The Hall–Kier alpha value is -2.55. The lowest BCUT2D eigenvalue weighted by atomic mass is 10.3. The Bertz CT molecular complexity index is 799. The summed E-state index contributed by atoms with van der Waals surface area (Å²) >= 11 is 1.32. The van der Waals surface area contributed by atoms with Gasteiger partial charge in [0.05, 0.1) is 11.4 Å². The lowest BCUT2D eigenvalue weighted by Crippen LogP contribution is -2.14. The average Bonchev–Trinajstić information content (AvgIpc) is 2.98. The maximum Gasteiger partial charge on any atom is 0.273 e. The zero-order valence-corrected chi connectivity index (χ0v) is 11.9. The first-order chi connectivity index (χ1) is 10.2. The van der Waals surface area contributed by atoms with Gasteiger partial charge in [-0.2, -0.15) is 4.68 Å². The van der Waals surface area contributed by atoms with Gasteiger partial charge in [-0.05, 0) is 29.5 Å². The molecule has 106 valence electrons. The van der Waals surface area contributed by atoms with Crippen LogP contribution in [0, 0.1) is 6.92 Å². The molecule has 2 aromatic heterocycles. The number of H-pyrrole nitrogens is 1. The molecule has 0 aliphatic heterocycles. The minimum absolute atomic E-state index is 0.241. The van der Waals surface area contributed by atoms with Crippen LogP contribution in [-0.2, 0) is 5.75 Å². The summed E-state index contributed by atoms with van der Waals surface area (Å²) in [7, 11) is 0. The van der Waals surface area contributed by atoms with Crippen LogP contribution in [0.5, 0.6) is 0 Å². The number of thioether (sulfide) groups is 1. The number of aryl methyl sites for hydroxylation is 1. The molecule has 1 N–H and O–H groups in total. The van der Waals surface area contributed by atoms with Gasteiger partial charge in [0.2, 0.25) is 0 Å². The second-order valence-corrected chi connectivity index (χ2v) is 5.14. The van der Waals surface area contributed by atoms with E-state index in [1.807, 2.05) is 30.3 Å². The number of hydrogen-bond donors (Lipinski definition) is 1. The van der Waals surface area contributed by atoms with Crippen LogP contribution in [0.3, 0.4) is 0 Å². The van der Waals surface area contributed by atoms with E-state index >= 15 is 0 Å². The molecule has 0 atom stereocenters. The molecule has 2 heterocycles. The van der Waals surface area contributed by atoms with Crippen LogP contribution in [-0.4, -0.2) is 35.4 Å². The Morgan fingerprint density at radius 1 is 1.19 bits per heavy atom. The summed E-state index contributed by atoms with van der Waals surface area (Å²) in [6.45, 7) is 1.61.